The molecule has 0 aliphatic heterocycles. The van der Waals surface area contributed by atoms with Gasteiger partial charge in [0.15, 0.2) is 5.82 Å². The normalized spacial score (nSPS) is 15.5. The first-order chi connectivity index (χ1) is 10.8. The van der Waals surface area contributed by atoms with Crippen molar-refractivity contribution < 1.29 is 5.11 Å². The fourth-order valence-corrected chi connectivity index (χ4v) is 3.39. The Morgan fingerprint density at radius 2 is 2.09 bits per heavy atom. The first-order valence-electron chi connectivity index (χ1n) is 8.05. The van der Waals surface area contributed by atoms with E-state index in [4.69, 9.17) is 21.7 Å². The van der Waals surface area contributed by atoms with E-state index in [2.05, 4.69) is 11.2 Å². The van der Waals surface area contributed by atoms with E-state index in [0.29, 0.717) is 12.3 Å². The summed E-state index contributed by atoms with van der Waals surface area (Å²) in [5, 5.41) is 14.5. The van der Waals surface area contributed by atoms with E-state index in [0.717, 1.165) is 35.2 Å². The third-order valence-electron chi connectivity index (χ3n) is 4.24. The molecule has 0 amide bonds. The van der Waals surface area contributed by atoms with Gasteiger partial charge in [-0.25, -0.2) is 9.67 Å². The molecule has 118 valence electrons. The zero-order valence-electron chi connectivity index (χ0n) is 12.7. The predicted molar refractivity (Wildman–Crippen MR) is 87.2 cm³/mol. The van der Waals surface area contributed by atoms with Gasteiger partial charge in [0.2, 0.25) is 0 Å². The molecule has 2 aromatic rings. The predicted octanol–water partition coefficient (Wildman–Crippen LogP) is 3.56. The van der Waals surface area contributed by atoms with Crippen LogP contribution in [-0.2, 0) is 13.0 Å². The first kappa shape index (κ1) is 15.5. The minimum Gasteiger partial charge on any atom is -0.396 e. The number of rotatable bonds is 6. The van der Waals surface area contributed by atoms with Crippen molar-refractivity contribution in [2.45, 2.75) is 51.0 Å². The molecular weight excluding hydrogens is 298 g/mol. The van der Waals surface area contributed by atoms with Crippen molar-refractivity contribution >= 4 is 11.6 Å². The number of aliphatic hydroxyl groups is 1. The molecule has 1 N–H and O–H groups in total. The molecule has 1 aliphatic rings. The van der Waals surface area contributed by atoms with Crippen molar-refractivity contribution in [3.8, 4) is 0 Å². The summed E-state index contributed by atoms with van der Waals surface area (Å²) in [6.07, 6.45) is 6.39. The quantitative estimate of drug-likeness (QED) is 0.885. The molecule has 1 fully saturated rings. The highest BCUT2D eigenvalue weighted by atomic mass is 35.5. The molecule has 4 nitrogen and oxygen atoms in total. The SMILES string of the molecule is OCCCn1nc(Cc2cccc(Cl)c2)nc1C1CCCC1. The lowest BCUT2D eigenvalue weighted by molar-refractivity contribution is 0.275. The lowest BCUT2D eigenvalue weighted by atomic mass is 10.1. The summed E-state index contributed by atoms with van der Waals surface area (Å²) in [6, 6.07) is 7.85. The smallest absolute Gasteiger partial charge is 0.155 e. The molecular formula is C17H22ClN3O. The van der Waals surface area contributed by atoms with Crippen LogP contribution in [0.5, 0.6) is 0 Å². The average Bonchev–Trinajstić information content (AvgIpc) is 3.14. The minimum absolute atomic E-state index is 0.188. The maximum absolute atomic E-state index is 9.08. The van der Waals surface area contributed by atoms with Gasteiger partial charge in [0.25, 0.3) is 0 Å². The zero-order chi connectivity index (χ0) is 15.4. The zero-order valence-corrected chi connectivity index (χ0v) is 13.5. The Morgan fingerprint density at radius 3 is 2.82 bits per heavy atom. The van der Waals surface area contributed by atoms with Gasteiger partial charge in [0, 0.05) is 30.5 Å². The lowest BCUT2D eigenvalue weighted by Crippen LogP contribution is -2.10. The number of nitrogens with zero attached hydrogens (tertiary/aromatic N) is 3. The van der Waals surface area contributed by atoms with Gasteiger partial charge in [-0.2, -0.15) is 5.10 Å². The van der Waals surface area contributed by atoms with Gasteiger partial charge < -0.3 is 5.11 Å². The number of benzene rings is 1. The average molecular weight is 320 g/mol. The molecule has 1 heterocycles. The van der Waals surface area contributed by atoms with Gasteiger partial charge in [-0.05, 0) is 37.0 Å². The Balaban J connectivity index is 1.81. The van der Waals surface area contributed by atoms with Crippen molar-refractivity contribution in [3.05, 3.63) is 46.5 Å². The van der Waals surface area contributed by atoms with Crippen LogP contribution in [-0.4, -0.2) is 26.5 Å². The molecule has 0 atom stereocenters. The summed E-state index contributed by atoms with van der Waals surface area (Å²) in [4.78, 5) is 4.80. The highest BCUT2D eigenvalue weighted by Crippen LogP contribution is 2.33. The second-order valence-corrected chi connectivity index (χ2v) is 6.41. The van der Waals surface area contributed by atoms with Crippen LogP contribution in [0.4, 0.5) is 0 Å². The van der Waals surface area contributed by atoms with Crippen LogP contribution in [0.15, 0.2) is 24.3 Å². The van der Waals surface area contributed by atoms with Crippen molar-refractivity contribution in [3.63, 3.8) is 0 Å². The standard InChI is InChI=1S/C17H22ClN3O/c18-15-8-3-5-13(11-15)12-16-19-17(14-6-1-2-7-14)21(20-16)9-4-10-22/h3,5,8,11,14,22H,1-2,4,6-7,9-10,12H2. The molecule has 22 heavy (non-hydrogen) atoms. The fourth-order valence-electron chi connectivity index (χ4n) is 3.18. The molecule has 5 heteroatoms. The number of halogens is 1. The van der Waals surface area contributed by atoms with E-state index < -0.39 is 0 Å². The second kappa shape index (κ2) is 7.25. The molecule has 3 rings (SSSR count). The van der Waals surface area contributed by atoms with E-state index in [1.54, 1.807) is 0 Å². The summed E-state index contributed by atoms with van der Waals surface area (Å²) in [6.45, 7) is 0.929. The van der Waals surface area contributed by atoms with Crippen molar-refractivity contribution in [2.24, 2.45) is 0 Å². The monoisotopic (exact) mass is 319 g/mol. The van der Waals surface area contributed by atoms with Gasteiger partial charge in [-0.3, -0.25) is 0 Å². The first-order valence-corrected chi connectivity index (χ1v) is 8.43. The van der Waals surface area contributed by atoms with Gasteiger partial charge in [0.05, 0.1) is 0 Å². The van der Waals surface area contributed by atoms with Crippen LogP contribution in [0, 0.1) is 0 Å². The number of hydrogen-bond donors (Lipinski definition) is 1. The Hall–Kier alpha value is -1.39. The van der Waals surface area contributed by atoms with Crippen LogP contribution in [0.2, 0.25) is 5.02 Å². The number of aryl methyl sites for hydroxylation is 1. The highest BCUT2D eigenvalue weighted by Gasteiger charge is 2.23. The molecule has 0 radical (unpaired) electrons. The van der Waals surface area contributed by atoms with Crippen LogP contribution < -0.4 is 0 Å². The minimum atomic E-state index is 0.188. The molecule has 0 saturated heterocycles. The Labute approximate surface area is 136 Å². The maximum atomic E-state index is 9.08. The van der Waals surface area contributed by atoms with Crippen LogP contribution in [0.1, 0.15) is 55.2 Å². The summed E-state index contributed by atoms with van der Waals surface area (Å²) < 4.78 is 2.01. The molecule has 0 bridgehead atoms. The fraction of sp³-hybridized carbons (Fsp3) is 0.529. The van der Waals surface area contributed by atoms with E-state index >= 15 is 0 Å². The molecule has 0 spiro atoms. The van der Waals surface area contributed by atoms with E-state index in [1.807, 2.05) is 22.9 Å². The van der Waals surface area contributed by atoms with Gasteiger partial charge in [0.1, 0.15) is 5.82 Å². The Kier molecular flexibility index (Phi) is 5.11. The third kappa shape index (κ3) is 3.68. The molecule has 1 saturated carbocycles. The van der Waals surface area contributed by atoms with Crippen LogP contribution in [0.25, 0.3) is 0 Å². The number of aromatic nitrogens is 3. The van der Waals surface area contributed by atoms with Crippen molar-refractivity contribution in [2.75, 3.05) is 6.61 Å². The third-order valence-corrected chi connectivity index (χ3v) is 4.48. The number of hydrogen-bond acceptors (Lipinski definition) is 3. The molecule has 1 aromatic carbocycles. The molecule has 1 aliphatic carbocycles. The number of aliphatic hydroxyl groups excluding tert-OH is 1. The van der Waals surface area contributed by atoms with Crippen LogP contribution in [0.3, 0.4) is 0 Å². The highest BCUT2D eigenvalue weighted by molar-refractivity contribution is 6.30. The molecule has 0 unspecified atom stereocenters. The Morgan fingerprint density at radius 1 is 1.27 bits per heavy atom. The van der Waals surface area contributed by atoms with E-state index in [-0.39, 0.29) is 6.61 Å². The second-order valence-electron chi connectivity index (χ2n) is 5.97. The largest absolute Gasteiger partial charge is 0.396 e. The van der Waals surface area contributed by atoms with Crippen LogP contribution >= 0.6 is 11.6 Å². The summed E-state index contributed by atoms with van der Waals surface area (Å²) >= 11 is 6.05. The summed E-state index contributed by atoms with van der Waals surface area (Å²) in [7, 11) is 0. The summed E-state index contributed by atoms with van der Waals surface area (Å²) in [5.74, 6) is 2.48. The Bertz CT molecular complexity index is 620. The summed E-state index contributed by atoms with van der Waals surface area (Å²) in [5.41, 5.74) is 1.13. The maximum Gasteiger partial charge on any atom is 0.155 e. The van der Waals surface area contributed by atoms with Gasteiger partial charge >= 0.3 is 0 Å². The molecule has 1 aromatic heterocycles. The van der Waals surface area contributed by atoms with E-state index in [1.165, 1.54) is 25.7 Å². The van der Waals surface area contributed by atoms with Gasteiger partial charge in [-0.1, -0.05) is 36.6 Å². The topological polar surface area (TPSA) is 50.9 Å². The van der Waals surface area contributed by atoms with Crippen molar-refractivity contribution in [1.29, 1.82) is 0 Å². The van der Waals surface area contributed by atoms with Crippen molar-refractivity contribution in [1.82, 2.24) is 14.8 Å². The lowest BCUT2D eigenvalue weighted by Gasteiger charge is -2.09. The van der Waals surface area contributed by atoms with Gasteiger partial charge in [-0.15, -0.1) is 0 Å². The van der Waals surface area contributed by atoms with E-state index in [9.17, 15) is 0 Å².